The van der Waals surface area contributed by atoms with E-state index in [1.54, 1.807) is 60.3 Å². The minimum Gasteiger partial charge on any atom is -0.460 e. The van der Waals surface area contributed by atoms with E-state index in [9.17, 15) is 18.4 Å². The first kappa shape index (κ1) is 24.8. The van der Waals surface area contributed by atoms with Gasteiger partial charge in [0.1, 0.15) is 11.2 Å². The molecule has 2 saturated heterocycles. The number of hydrogen-bond donors (Lipinski definition) is 0. The third kappa shape index (κ3) is 5.62. The Morgan fingerprint density at radius 3 is 2.03 bits per heavy atom. The van der Waals surface area contributed by atoms with Gasteiger partial charge < -0.3 is 9.47 Å². The van der Waals surface area contributed by atoms with Gasteiger partial charge in [-0.2, -0.15) is 0 Å². The molecule has 30 heavy (non-hydrogen) atoms. The molecule has 0 spiro atoms. The van der Waals surface area contributed by atoms with E-state index in [-0.39, 0.29) is 12.0 Å². The summed E-state index contributed by atoms with van der Waals surface area (Å²) in [5, 5.41) is 0. The Kier molecular flexibility index (Phi) is 6.55. The molecule has 0 N–H and O–H groups in total. The minimum absolute atomic E-state index is 0.134. The molecule has 0 bridgehead atoms. The first-order valence-corrected chi connectivity index (χ1v) is 10.7. The fraction of sp³-hybridized carbons (Fsp3) is 0.909. The van der Waals surface area contributed by atoms with Gasteiger partial charge in [0, 0.05) is 12.6 Å². The average molecular weight is 433 g/mol. The lowest BCUT2D eigenvalue weighted by molar-refractivity contribution is -0.166. The van der Waals surface area contributed by atoms with Gasteiger partial charge in [-0.25, -0.2) is 13.6 Å². The standard InChI is InChI=1S/C22H38F2N2O4/c1-14-12-15-16(22(23,24)13-26(15)18(28)30-20(5,6)7)25(14)11-10-21(8,9)17(27)29-19(2,3)4/h14-16H,10-13H2,1-9H3. The Labute approximate surface area is 179 Å². The number of likely N-dealkylation sites (tertiary alicyclic amines) is 2. The molecule has 0 saturated carbocycles. The molecule has 1 amide bonds. The average Bonchev–Trinajstić information content (AvgIpc) is 2.96. The van der Waals surface area contributed by atoms with Crippen molar-refractivity contribution < 1.29 is 27.8 Å². The minimum atomic E-state index is -3.04. The molecular weight excluding hydrogens is 394 g/mol. The van der Waals surface area contributed by atoms with E-state index in [0.717, 1.165) is 0 Å². The van der Waals surface area contributed by atoms with Gasteiger partial charge in [0.2, 0.25) is 0 Å². The van der Waals surface area contributed by atoms with E-state index in [0.29, 0.717) is 19.4 Å². The summed E-state index contributed by atoms with van der Waals surface area (Å²) in [4.78, 5) is 28.0. The molecule has 2 heterocycles. The summed E-state index contributed by atoms with van der Waals surface area (Å²) in [6.07, 6.45) is 0.141. The van der Waals surface area contributed by atoms with Gasteiger partial charge in [-0.3, -0.25) is 14.6 Å². The van der Waals surface area contributed by atoms with Crippen LogP contribution in [-0.2, 0) is 14.3 Å². The van der Waals surface area contributed by atoms with Crippen LogP contribution in [-0.4, -0.2) is 70.2 Å². The van der Waals surface area contributed by atoms with Crippen molar-refractivity contribution in [2.24, 2.45) is 5.41 Å². The highest BCUT2D eigenvalue weighted by Crippen LogP contribution is 2.45. The molecule has 174 valence electrons. The molecule has 6 nitrogen and oxygen atoms in total. The molecular formula is C22H38F2N2O4. The van der Waals surface area contributed by atoms with Crippen LogP contribution in [0.2, 0.25) is 0 Å². The number of amides is 1. The Bertz CT molecular complexity index is 667. The van der Waals surface area contributed by atoms with Gasteiger partial charge in [-0.15, -0.1) is 0 Å². The van der Waals surface area contributed by atoms with Crippen molar-refractivity contribution in [2.75, 3.05) is 13.1 Å². The molecule has 2 fully saturated rings. The van der Waals surface area contributed by atoms with E-state index < -0.39 is 47.3 Å². The van der Waals surface area contributed by atoms with Crippen LogP contribution in [0.1, 0.15) is 75.2 Å². The topological polar surface area (TPSA) is 59.1 Å². The summed E-state index contributed by atoms with van der Waals surface area (Å²) < 4.78 is 40.8. The SMILES string of the molecule is CC1CC2C(N1CCC(C)(C)C(=O)OC(C)(C)C)C(F)(F)CN2C(=O)OC(C)(C)C. The van der Waals surface area contributed by atoms with Gasteiger partial charge in [0.05, 0.1) is 24.0 Å². The number of ether oxygens (including phenoxy) is 2. The second kappa shape index (κ2) is 7.92. The predicted octanol–water partition coefficient (Wildman–Crippen LogP) is 4.46. The number of halogens is 2. The summed E-state index contributed by atoms with van der Waals surface area (Å²) in [5.41, 5.74) is -2.15. The molecule has 2 rings (SSSR count). The predicted molar refractivity (Wildman–Crippen MR) is 110 cm³/mol. The quantitative estimate of drug-likeness (QED) is 0.614. The Balaban J connectivity index is 2.12. The Morgan fingerprint density at radius 2 is 1.53 bits per heavy atom. The van der Waals surface area contributed by atoms with Crippen molar-refractivity contribution in [2.45, 2.75) is 110 Å². The van der Waals surface area contributed by atoms with Crippen LogP contribution in [0.4, 0.5) is 13.6 Å². The first-order chi connectivity index (χ1) is 13.3. The third-order valence-corrected chi connectivity index (χ3v) is 5.66. The Morgan fingerprint density at radius 1 is 1.00 bits per heavy atom. The molecule has 0 aliphatic carbocycles. The number of fused-ring (bicyclic) bond motifs is 1. The van der Waals surface area contributed by atoms with Crippen LogP contribution in [0.3, 0.4) is 0 Å². The Hall–Kier alpha value is -1.44. The lowest BCUT2D eigenvalue weighted by atomic mass is 9.88. The largest absolute Gasteiger partial charge is 0.460 e. The molecule has 3 atom stereocenters. The van der Waals surface area contributed by atoms with Crippen LogP contribution in [0.15, 0.2) is 0 Å². The van der Waals surface area contributed by atoms with Crippen molar-refractivity contribution in [1.29, 1.82) is 0 Å². The summed E-state index contributed by atoms with van der Waals surface area (Å²) in [7, 11) is 0. The van der Waals surface area contributed by atoms with Gasteiger partial charge >= 0.3 is 12.1 Å². The first-order valence-electron chi connectivity index (χ1n) is 10.7. The fourth-order valence-electron chi connectivity index (χ4n) is 4.18. The number of esters is 1. The van der Waals surface area contributed by atoms with Crippen LogP contribution < -0.4 is 0 Å². The van der Waals surface area contributed by atoms with Crippen LogP contribution in [0.5, 0.6) is 0 Å². The van der Waals surface area contributed by atoms with E-state index >= 15 is 0 Å². The third-order valence-electron chi connectivity index (χ3n) is 5.66. The summed E-state index contributed by atoms with van der Waals surface area (Å²) >= 11 is 0. The van der Waals surface area contributed by atoms with Crippen molar-refractivity contribution in [3.8, 4) is 0 Å². The lowest BCUT2D eigenvalue weighted by Gasteiger charge is -2.34. The molecule has 2 aliphatic rings. The molecule has 0 aromatic rings. The highest BCUT2D eigenvalue weighted by molar-refractivity contribution is 5.76. The van der Waals surface area contributed by atoms with E-state index in [1.807, 2.05) is 6.92 Å². The van der Waals surface area contributed by atoms with Crippen molar-refractivity contribution in [1.82, 2.24) is 9.80 Å². The molecule has 3 unspecified atom stereocenters. The summed E-state index contributed by atoms with van der Waals surface area (Å²) in [6.45, 7) is 15.7. The second-order valence-corrected chi connectivity index (χ2v) is 11.3. The van der Waals surface area contributed by atoms with E-state index in [4.69, 9.17) is 9.47 Å². The molecule has 0 aromatic carbocycles. The number of carbonyl (C=O) groups is 2. The maximum absolute atomic E-state index is 15.0. The monoisotopic (exact) mass is 432 g/mol. The maximum atomic E-state index is 15.0. The highest BCUT2D eigenvalue weighted by atomic mass is 19.3. The number of hydrogen-bond acceptors (Lipinski definition) is 5. The zero-order valence-corrected chi connectivity index (χ0v) is 19.8. The van der Waals surface area contributed by atoms with Crippen LogP contribution in [0.25, 0.3) is 0 Å². The van der Waals surface area contributed by atoms with E-state index in [2.05, 4.69) is 0 Å². The number of alkyl halides is 2. The highest BCUT2D eigenvalue weighted by Gasteiger charge is 2.63. The summed E-state index contributed by atoms with van der Waals surface area (Å²) in [6, 6.07) is -1.81. The van der Waals surface area contributed by atoms with Crippen molar-refractivity contribution in [3.05, 3.63) is 0 Å². The molecule has 0 aromatic heterocycles. The van der Waals surface area contributed by atoms with Crippen molar-refractivity contribution >= 4 is 12.1 Å². The zero-order valence-electron chi connectivity index (χ0n) is 19.8. The molecule has 0 radical (unpaired) electrons. The fourth-order valence-corrected chi connectivity index (χ4v) is 4.18. The van der Waals surface area contributed by atoms with Crippen LogP contribution >= 0.6 is 0 Å². The normalized spacial score (nSPS) is 27.2. The zero-order chi connectivity index (χ0) is 23.3. The van der Waals surface area contributed by atoms with Crippen molar-refractivity contribution in [3.63, 3.8) is 0 Å². The van der Waals surface area contributed by atoms with Gasteiger partial charge in [-0.05, 0) is 75.2 Å². The molecule has 2 aliphatic heterocycles. The number of nitrogens with zero attached hydrogens (tertiary/aromatic N) is 2. The molecule has 8 heteroatoms. The van der Waals surface area contributed by atoms with Crippen LogP contribution in [0, 0.1) is 5.41 Å². The number of rotatable bonds is 4. The smallest absolute Gasteiger partial charge is 0.410 e. The lowest BCUT2D eigenvalue weighted by Crippen LogP contribution is -2.48. The second-order valence-electron chi connectivity index (χ2n) is 11.3. The van der Waals surface area contributed by atoms with E-state index in [1.165, 1.54) is 4.90 Å². The maximum Gasteiger partial charge on any atom is 0.410 e. The van der Waals surface area contributed by atoms with Gasteiger partial charge in [0.25, 0.3) is 5.92 Å². The van der Waals surface area contributed by atoms with Gasteiger partial charge in [-0.1, -0.05) is 0 Å². The number of carbonyl (C=O) groups excluding carboxylic acids is 2. The summed E-state index contributed by atoms with van der Waals surface area (Å²) in [5.74, 6) is -3.38. The van der Waals surface area contributed by atoms with Gasteiger partial charge in [0.15, 0.2) is 0 Å².